The predicted molar refractivity (Wildman–Crippen MR) is 74.8 cm³/mol. The Morgan fingerprint density at radius 3 is 2.68 bits per heavy atom. The normalized spacial score (nSPS) is 11.0. The summed E-state index contributed by atoms with van der Waals surface area (Å²) >= 11 is 3.51. The van der Waals surface area contributed by atoms with Crippen LogP contribution in [0.25, 0.3) is 5.69 Å². The molecule has 0 amide bonds. The summed E-state index contributed by atoms with van der Waals surface area (Å²) in [6, 6.07) is 5.75. The Hall–Kier alpha value is -1.69. The van der Waals surface area contributed by atoms with Crippen LogP contribution in [-0.2, 0) is 0 Å². The van der Waals surface area contributed by atoms with Gasteiger partial charge in [-0.1, -0.05) is 26.0 Å². The summed E-state index contributed by atoms with van der Waals surface area (Å²) in [7, 11) is 0. The van der Waals surface area contributed by atoms with E-state index in [1.165, 1.54) is 0 Å². The second-order valence-electron chi connectivity index (χ2n) is 4.57. The van der Waals surface area contributed by atoms with Gasteiger partial charge in [-0.15, -0.1) is 5.10 Å². The third-order valence-corrected chi connectivity index (χ3v) is 3.77. The van der Waals surface area contributed by atoms with E-state index in [1.54, 1.807) is 4.68 Å². The van der Waals surface area contributed by atoms with E-state index in [1.807, 2.05) is 39.0 Å². The Bertz CT molecular complexity index is 635. The molecule has 5 nitrogen and oxygen atoms in total. The number of halogens is 1. The Morgan fingerprint density at radius 2 is 2.11 bits per heavy atom. The molecule has 0 bridgehead atoms. The fraction of sp³-hybridized carbons (Fsp3) is 0.308. The molecule has 0 spiro atoms. The zero-order valence-electron chi connectivity index (χ0n) is 10.9. The molecule has 0 aliphatic carbocycles. The first-order valence-corrected chi connectivity index (χ1v) is 6.67. The molecule has 1 aromatic carbocycles. The van der Waals surface area contributed by atoms with Crippen LogP contribution in [0.15, 0.2) is 22.7 Å². The molecule has 0 saturated carbocycles. The monoisotopic (exact) mass is 323 g/mol. The average molecular weight is 324 g/mol. The van der Waals surface area contributed by atoms with Gasteiger partial charge in [0.2, 0.25) is 0 Å². The van der Waals surface area contributed by atoms with Crippen LogP contribution in [-0.4, -0.2) is 25.8 Å². The molecule has 0 saturated heterocycles. The van der Waals surface area contributed by atoms with Crippen molar-refractivity contribution in [1.82, 2.24) is 14.8 Å². The molecule has 1 heterocycles. The standard InChI is InChI=1S/C13H14BrN3O2/c1-7(2)12-15-11(13(18)19)16-17(12)9-6-4-5-8(3)10(9)14/h4-7H,1-3H3,(H,18,19). The van der Waals surface area contributed by atoms with Crippen LogP contribution in [0, 0.1) is 6.92 Å². The number of carbonyl (C=O) groups is 1. The van der Waals surface area contributed by atoms with E-state index in [0.29, 0.717) is 5.82 Å². The van der Waals surface area contributed by atoms with Crippen LogP contribution in [0.5, 0.6) is 0 Å². The Labute approximate surface area is 119 Å². The summed E-state index contributed by atoms with van der Waals surface area (Å²) in [5.74, 6) is -0.599. The number of rotatable bonds is 3. The van der Waals surface area contributed by atoms with Crippen molar-refractivity contribution in [3.8, 4) is 5.69 Å². The quantitative estimate of drug-likeness (QED) is 0.942. The largest absolute Gasteiger partial charge is 0.475 e. The molecular formula is C13H14BrN3O2. The maximum atomic E-state index is 11.0. The minimum atomic E-state index is -1.12. The van der Waals surface area contributed by atoms with Gasteiger partial charge in [0.05, 0.1) is 5.69 Å². The molecule has 0 aliphatic rings. The number of carboxylic acid groups (broad SMARTS) is 1. The van der Waals surface area contributed by atoms with Crippen molar-refractivity contribution in [3.05, 3.63) is 39.9 Å². The van der Waals surface area contributed by atoms with Crippen molar-refractivity contribution < 1.29 is 9.90 Å². The number of benzene rings is 1. The zero-order chi connectivity index (χ0) is 14.2. The molecule has 2 rings (SSSR count). The lowest BCUT2D eigenvalue weighted by Gasteiger charge is -2.11. The van der Waals surface area contributed by atoms with Crippen molar-refractivity contribution in [1.29, 1.82) is 0 Å². The van der Waals surface area contributed by atoms with Gasteiger partial charge in [0.1, 0.15) is 5.82 Å². The zero-order valence-corrected chi connectivity index (χ0v) is 12.5. The maximum Gasteiger partial charge on any atom is 0.375 e. The number of carboxylic acids is 1. The molecule has 0 aliphatic heterocycles. The van der Waals surface area contributed by atoms with Gasteiger partial charge < -0.3 is 5.11 Å². The molecule has 1 N–H and O–H groups in total. The van der Waals surface area contributed by atoms with Crippen molar-refractivity contribution in [2.75, 3.05) is 0 Å². The van der Waals surface area contributed by atoms with Crippen LogP contribution >= 0.6 is 15.9 Å². The van der Waals surface area contributed by atoms with E-state index in [-0.39, 0.29) is 11.7 Å². The Balaban J connectivity index is 2.67. The Morgan fingerprint density at radius 1 is 1.42 bits per heavy atom. The molecule has 0 unspecified atom stereocenters. The third-order valence-electron chi connectivity index (χ3n) is 2.74. The third kappa shape index (κ3) is 2.53. The molecule has 6 heteroatoms. The number of aryl methyl sites for hydroxylation is 1. The van der Waals surface area contributed by atoms with Crippen LogP contribution in [0.3, 0.4) is 0 Å². The van der Waals surface area contributed by atoms with Gasteiger partial charge in [-0.3, -0.25) is 0 Å². The average Bonchev–Trinajstić information content (AvgIpc) is 2.77. The summed E-state index contributed by atoms with van der Waals surface area (Å²) < 4.78 is 2.48. The Kier molecular flexibility index (Phi) is 3.71. The van der Waals surface area contributed by atoms with Crippen LogP contribution in [0.1, 0.15) is 41.8 Å². The van der Waals surface area contributed by atoms with E-state index in [4.69, 9.17) is 5.11 Å². The molecular weight excluding hydrogens is 310 g/mol. The van der Waals surface area contributed by atoms with E-state index in [2.05, 4.69) is 26.0 Å². The first-order chi connectivity index (χ1) is 8.91. The molecule has 0 atom stereocenters. The lowest BCUT2D eigenvalue weighted by molar-refractivity contribution is 0.0683. The van der Waals surface area contributed by atoms with Crippen LogP contribution in [0.4, 0.5) is 0 Å². The number of hydrogen-bond acceptors (Lipinski definition) is 3. The number of aromatic carboxylic acids is 1. The highest BCUT2D eigenvalue weighted by molar-refractivity contribution is 9.10. The minimum absolute atomic E-state index is 0.0769. The summed E-state index contributed by atoms with van der Waals surface area (Å²) in [6.07, 6.45) is 0. The molecule has 100 valence electrons. The van der Waals surface area contributed by atoms with E-state index in [0.717, 1.165) is 15.7 Å². The fourth-order valence-corrected chi connectivity index (χ4v) is 2.19. The number of hydrogen-bond donors (Lipinski definition) is 1. The summed E-state index contributed by atoms with van der Waals surface area (Å²) in [4.78, 5) is 15.1. The van der Waals surface area contributed by atoms with E-state index in [9.17, 15) is 4.79 Å². The van der Waals surface area contributed by atoms with Gasteiger partial charge >= 0.3 is 5.97 Å². The lowest BCUT2D eigenvalue weighted by Crippen LogP contribution is -2.06. The minimum Gasteiger partial charge on any atom is -0.475 e. The van der Waals surface area contributed by atoms with E-state index >= 15 is 0 Å². The van der Waals surface area contributed by atoms with Gasteiger partial charge in [0.15, 0.2) is 0 Å². The number of aromatic nitrogens is 3. The van der Waals surface area contributed by atoms with E-state index < -0.39 is 5.97 Å². The van der Waals surface area contributed by atoms with Crippen LogP contribution < -0.4 is 0 Å². The molecule has 19 heavy (non-hydrogen) atoms. The highest BCUT2D eigenvalue weighted by Crippen LogP contribution is 2.27. The van der Waals surface area contributed by atoms with Crippen LogP contribution in [0.2, 0.25) is 0 Å². The van der Waals surface area contributed by atoms with Gasteiger partial charge in [-0.2, -0.15) is 0 Å². The van der Waals surface area contributed by atoms with Gasteiger partial charge in [0, 0.05) is 10.4 Å². The molecule has 0 fully saturated rings. The smallest absolute Gasteiger partial charge is 0.375 e. The lowest BCUT2D eigenvalue weighted by atomic mass is 10.2. The second kappa shape index (κ2) is 5.13. The van der Waals surface area contributed by atoms with Crippen molar-refractivity contribution in [3.63, 3.8) is 0 Å². The first kappa shape index (κ1) is 13.7. The van der Waals surface area contributed by atoms with Crippen molar-refractivity contribution >= 4 is 21.9 Å². The predicted octanol–water partition coefficient (Wildman–Crippen LogP) is 3.16. The first-order valence-electron chi connectivity index (χ1n) is 5.87. The highest BCUT2D eigenvalue weighted by Gasteiger charge is 2.20. The van der Waals surface area contributed by atoms with Gasteiger partial charge in [-0.25, -0.2) is 14.5 Å². The number of nitrogens with zero attached hydrogens (tertiary/aromatic N) is 3. The SMILES string of the molecule is Cc1cccc(-n2nc(C(=O)O)nc2C(C)C)c1Br. The molecule has 2 aromatic rings. The summed E-state index contributed by atoms with van der Waals surface area (Å²) in [6.45, 7) is 5.88. The maximum absolute atomic E-state index is 11.0. The van der Waals surface area contributed by atoms with Gasteiger partial charge in [0.25, 0.3) is 5.82 Å². The molecule has 1 aromatic heterocycles. The molecule has 0 radical (unpaired) electrons. The van der Waals surface area contributed by atoms with Crippen molar-refractivity contribution in [2.24, 2.45) is 0 Å². The summed E-state index contributed by atoms with van der Waals surface area (Å²) in [5, 5.41) is 13.1. The summed E-state index contributed by atoms with van der Waals surface area (Å²) in [5.41, 5.74) is 1.85. The topological polar surface area (TPSA) is 68.0 Å². The highest BCUT2D eigenvalue weighted by atomic mass is 79.9. The fourth-order valence-electron chi connectivity index (χ4n) is 1.76. The van der Waals surface area contributed by atoms with Gasteiger partial charge in [-0.05, 0) is 34.5 Å². The van der Waals surface area contributed by atoms with Crippen molar-refractivity contribution in [2.45, 2.75) is 26.7 Å². The second-order valence-corrected chi connectivity index (χ2v) is 5.37.